The molecule has 12 nitrogen and oxygen atoms in total. The second kappa shape index (κ2) is 10.4. The molecule has 3 aromatic rings. The SMILES string of the molecule is COC(=O)C(C)NP(=O)(OC[C@H]1OC(n2ccc3c(=S)nc(N)[nH]c32)C[C@@H]1O)Oc1ccccc1. The van der Waals surface area contributed by atoms with Gasteiger partial charge in [-0.1, -0.05) is 30.4 Å². The van der Waals surface area contributed by atoms with Crippen molar-refractivity contribution in [2.45, 2.75) is 37.8 Å². The van der Waals surface area contributed by atoms with Crippen LogP contribution in [-0.2, 0) is 23.4 Å². The average molecular weight is 524 g/mol. The number of carbonyl (C=O) groups excluding carboxylic acids is 1. The van der Waals surface area contributed by atoms with E-state index >= 15 is 0 Å². The molecule has 1 fully saturated rings. The van der Waals surface area contributed by atoms with E-state index in [1.807, 2.05) is 0 Å². The van der Waals surface area contributed by atoms with E-state index in [9.17, 15) is 14.5 Å². The Morgan fingerprint density at radius 2 is 2.17 bits per heavy atom. The molecule has 35 heavy (non-hydrogen) atoms. The first-order valence-electron chi connectivity index (χ1n) is 10.7. The lowest BCUT2D eigenvalue weighted by molar-refractivity contribution is -0.142. The lowest BCUT2D eigenvalue weighted by Gasteiger charge is -2.24. The first kappa shape index (κ1) is 25.3. The molecule has 188 valence electrons. The number of benzene rings is 1. The number of aliphatic hydroxyl groups excluding tert-OH is 1. The predicted molar refractivity (Wildman–Crippen MR) is 129 cm³/mol. The third kappa shape index (κ3) is 5.72. The molecule has 1 aromatic carbocycles. The van der Waals surface area contributed by atoms with E-state index < -0.39 is 38.2 Å². The van der Waals surface area contributed by atoms with Gasteiger partial charge in [0.1, 0.15) is 34.4 Å². The topological polar surface area (TPSA) is 163 Å². The van der Waals surface area contributed by atoms with Gasteiger partial charge in [-0.3, -0.25) is 9.32 Å². The third-order valence-electron chi connectivity index (χ3n) is 5.41. The van der Waals surface area contributed by atoms with Crippen LogP contribution in [0.2, 0.25) is 0 Å². The molecule has 0 bridgehead atoms. The molecule has 0 spiro atoms. The molecule has 5 N–H and O–H groups in total. The lowest BCUT2D eigenvalue weighted by Crippen LogP contribution is -2.36. The van der Waals surface area contributed by atoms with Crippen LogP contribution in [0.1, 0.15) is 19.6 Å². The Hall–Kier alpha value is -2.80. The van der Waals surface area contributed by atoms with Crippen LogP contribution in [0.4, 0.5) is 5.95 Å². The van der Waals surface area contributed by atoms with Crippen LogP contribution in [0, 0.1) is 4.64 Å². The maximum Gasteiger partial charge on any atom is 0.459 e. The summed E-state index contributed by atoms with van der Waals surface area (Å²) in [6, 6.07) is 9.16. The number of methoxy groups -OCH3 is 1. The minimum absolute atomic E-state index is 0.158. The third-order valence-corrected chi connectivity index (χ3v) is 7.37. The number of hydrogen-bond donors (Lipinski definition) is 4. The summed E-state index contributed by atoms with van der Waals surface area (Å²) in [5, 5.41) is 13.9. The molecule has 0 amide bonds. The molecule has 14 heteroatoms. The van der Waals surface area contributed by atoms with Crippen LogP contribution >= 0.6 is 20.0 Å². The largest absolute Gasteiger partial charge is 0.468 e. The van der Waals surface area contributed by atoms with Crippen molar-refractivity contribution in [3.8, 4) is 5.75 Å². The summed E-state index contributed by atoms with van der Waals surface area (Å²) in [5.41, 5.74) is 6.40. The quantitative estimate of drug-likeness (QED) is 0.185. The number of para-hydroxylation sites is 1. The number of esters is 1. The summed E-state index contributed by atoms with van der Waals surface area (Å²) < 4.78 is 37.5. The van der Waals surface area contributed by atoms with Crippen molar-refractivity contribution in [1.82, 2.24) is 19.6 Å². The maximum atomic E-state index is 13.5. The number of nitrogens with one attached hydrogen (secondary N) is 2. The van der Waals surface area contributed by atoms with E-state index in [2.05, 4.69) is 19.8 Å². The molecular weight excluding hydrogens is 497 g/mol. The highest BCUT2D eigenvalue weighted by atomic mass is 32.1. The Morgan fingerprint density at radius 1 is 1.43 bits per heavy atom. The van der Waals surface area contributed by atoms with Crippen LogP contribution in [0.25, 0.3) is 11.0 Å². The molecule has 0 radical (unpaired) electrons. The van der Waals surface area contributed by atoms with Crippen molar-refractivity contribution < 1.29 is 33.0 Å². The Morgan fingerprint density at radius 3 is 2.89 bits per heavy atom. The van der Waals surface area contributed by atoms with Crippen molar-refractivity contribution in [2.24, 2.45) is 0 Å². The minimum atomic E-state index is -4.07. The van der Waals surface area contributed by atoms with Gasteiger partial charge in [0.25, 0.3) is 0 Å². The fourth-order valence-electron chi connectivity index (χ4n) is 3.69. The van der Waals surface area contributed by atoms with Gasteiger partial charge in [-0.25, -0.2) is 9.55 Å². The number of aromatic amines is 1. The number of aromatic nitrogens is 3. The van der Waals surface area contributed by atoms with E-state index in [0.717, 1.165) is 0 Å². The summed E-state index contributed by atoms with van der Waals surface area (Å²) in [6.07, 6.45) is -0.344. The summed E-state index contributed by atoms with van der Waals surface area (Å²) in [7, 11) is -2.85. The van der Waals surface area contributed by atoms with Crippen molar-refractivity contribution in [3.63, 3.8) is 0 Å². The predicted octanol–water partition coefficient (Wildman–Crippen LogP) is 2.68. The molecule has 1 aliphatic heterocycles. The zero-order chi connectivity index (χ0) is 25.2. The lowest BCUT2D eigenvalue weighted by atomic mass is 10.2. The number of hydrogen-bond acceptors (Lipinski definition) is 10. The van der Waals surface area contributed by atoms with Crippen molar-refractivity contribution in [2.75, 3.05) is 19.5 Å². The van der Waals surface area contributed by atoms with E-state index in [4.69, 9.17) is 31.7 Å². The number of nitrogens with two attached hydrogens (primary N) is 1. The highest BCUT2D eigenvalue weighted by Gasteiger charge is 2.39. The van der Waals surface area contributed by atoms with Crippen molar-refractivity contribution >= 4 is 42.9 Å². The van der Waals surface area contributed by atoms with E-state index in [1.54, 1.807) is 47.2 Å². The van der Waals surface area contributed by atoms with Gasteiger partial charge in [0.2, 0.25) is 0 Å². The fourth-order valence-corrected chi connectivity index (χ4v) is 5.46. The number of H-pyrrole nitrogens is 1. The number of nitrogen functional groups attached to an aromatic ring is 1. The number of rotatable bonds is 9. The zero-order valence-corrected chi connectivity index (χ0v) is 20.7. The number of nitrogens with zero attached hydrogens (tertiary/aromatic N) is 2. The second-order valence-electron chi connectivity index (χ2n) is 7.92. The van der Waals surface area contributed by atoms with E-state index in [1.165, 1.54) is 14.0 Å². The van der Waals surface area contributed by atoms with Gasteiger partial charge in [0.05, 0.1) is 25.2 Å². The number of fused-ring (bicyclic) bond motifs is 1. The van der Waals surface area contributed by atoms with E-state index in [0.29, 0.717) is 15.7 Å². The summed E-state index contributed by atoms with van der Waals surface area (Å²) in [4.78, 5) is 18.9. The van der Waals surface area contributed by atoms with E-state index in [-0.39, 0.29) is 24.7 Å². The summed E-state index contributed by atoms with van der Waals surface area (Å²) in [6.45, 7) is 1.19. The monoisotopic (exact) mass is 523 g/mol. The van der Waals surface area contributed by atoms with Crippen LogP contribution in [0.3, 0.4) is 0 Å². The first-order valence-corrected chi connectivity index (χ1v) is 12.7. The molecular formula is C21H26N5O7PS. The van der Waals surface area contributed by atoms with Gasteiger partial charge in [0, 0.05) is 12.6 Å². The minimum Gasteiger partial charge on any atom is -0.468 e. The molecule has 5 atom stereocenters. The molecule has 2 aromatic heterocycles. The number of carbonyl (C=O) groups is 1. The smallest absolute Gasteiger partial charge is 0.459 e. The Balaban J connectivity index is 1.49. The van der Waals surface area contributed by atoms with Crippen LogP contribution in [0.15, 0.2) is 42.6 Å². The number of aliphatic hydroxyl groups is 1. The summed E-state index contributed by atoms with van der Waals surface area (Å²) >= 11 is 5.25. The molecule has 0 saturated carbocycles. The molecule has 3 unspecified atom stereocenters. The van der Waals surface area contributed by atoms with Crippen LogP contribution in [0.5, 0.6) is 5.75 Å². The first-order chi connectivity index (χ1) is 16.7. The van der Waals surface area contributed by atoms with Crippen LogP contribution in [-0.4, -0.2) is 57.6 Å². The molecule has 4 rings (SSSR count). The molecule has 3 heterocycles. The molecule has 0 aliphatic carbocycles. The van der Waals surface area contributed by atoms with Gasteiger partial charge in [0.15, 0.2) is 5.95 Å². The fraction of sp³-hybridized carbons (Fsp3) is 0.381. The average Bonchev–Trinajstić information content (AvgIpc) is 3.41. The van der Waals surface area contributed by atoms with Gasteiger partial charge in [-0.15, -0.1) is 0 Å². The highest BCUT2D eigenvalue weighted by molar-refractivity contribution is 7.71. The Labute approximate surface area is 205 Å². The molecule has 1 aliphatic rings. The summed E-state index contributed by atoms with van der Waals surface area (Å²) in [5.74, 6) is -0.217. The van der Waals surface area contributed by atoms with Gasteiger partial charge in [-0.05, 0) is 25.1 Å². The van der Waals surface area contributed by atoms with Gasteiger partial charge < -0.3 is 34.4 Å². The molecule has 1 saturated heterocycles. The number of ether oxygens (including phenoxy) is 2. The zero-order valence-electron chi connectivity index (χ0n) is 19.0. The normalized spacial score (nSPS) is 22.5. The van der Waals surface area contributed by atoms with Crippen molar-refractivity contribution in [3.05, 3.63) is 47.2 Å². The van der Waals surface area contributed by atoms with Crippen LogP contribution < -0.4 is 15.3 Å². The highest BCUT2D eigenvalue weighted by Crippen LogP contribution is 2.46. The van der Waals surface area contributed by atoms with Gasteiger partial charge >= 0.3 is 13.7 Å². The van der Waals surface area contributed by atoms with Gasteiger partial charge in [-0.2, -0.15) is 5.09 Å². The van der Waals surface area contributed by atoms with Crippen molar-refractivity contribution in [1.29, 1.82) is 0 Å². The second-order valence-corrected chi connectivity index (χ2v) is 10.00. The Kier molecular flexibility index (Phi) is 7.55. The standard InChI is InChI=1S/C21H26N5O7PS/c1-12(20(28)30-2)25-34(29,33-13-6-4-3-5-7-13)31-11-16-15(27)10-17(32-16)26-9-8-14-18(26)23-21(22)24-19(14)35/h3-9,12,15-17,27H,10-11H2,1-2H3,(H,25,29)(H3,22,23,24,35)/t12?,15-,16+,17?,34?/m0/s1. The number of anilines is 1. The maximum absolute atomic E-state index is 13.5. The Bertz CT molecular complexity index is 1300.